The number of unbranched alkanes of at least 4 members (excludes halogenated alkanes) is 2. The number of hydrogen-bond acceptors (Lipinski definition) is 0. The summed E-state index contributed by atoms with van der Waals surface area (Å²) in [6, 6.07) is 0. The molecule has 0 aliphatic heterocycles. The Balaban J connectivity index is 3.93. The maximum Gasteiger partial charge on any atom is -0.0320 e. The molecule has 0 aromatic rings. The summed E-state index contributed by atoms with van der Waals surface area (Å²) < 4.78 is 0. The van der Waals surface area contributed by atoms with Gasteiger partial charge in [0.2, 0.25) is 0 Å². The van der Waals surface area contributed by atoms with Crippen LogP contribution in [0.3, 0.4) is 0 Å². The lowest BCUT2D eigenvalue weighted by atomic mass is 9.90. The highest BCUT2D eigenvalue weighted by molar-refractivity contribution is 4.98. The Morgan fingerprint density at radius 3 is 2.10 bits per heavy atom. The van der Waals surface area contributed by atoms with E-state index in [0.717, 1.165) is 11.8 Å². The van der Waals surface area contributed by atoms with Gasteiger partial charge in [0.1, 0.15) is 0 Å². The van der Waals surface area contributed by atoms with Gasteiger partial charge in [0.05, 0.1) is 0 Å². The monoisotopic (exact) mass is 280 g/mol. The molecule has 0 fully saturated rings. The zero-order chi connectivity index (χ0) is 15.2. The molecule has 2 atom stereocenters. The predicted molar refractivity (Wildman–Crippen MR) is 94.2 cm³/mol. The molecule has 0 bridgehead atoms. The van der Waals surface area contributed by atoms with E-state index in [-0.39, 0.29) is 0 Å². The standard InChI is InChI=1S/C20H40/c1-6-9-12-18(4)14-15-19(5)16-17-20(11-8-3)13-10-7-2/h15,18,20H,6-14,16-17H2,1-5H3. The van der Waals surface area contributed by atoms with Gasteiger partial charge in [0.25, 0.3) is 0 Å². The Hall–Kier alpha value is -0.260. The van der Waals surface area contributed by atoms with Gasteiger partial charge in [-0.3, -0.25) is 0 Å². The Morgan fingerprint density at radius 1 is 0.850 bits per heavy atom. The van der Waals surface area contributed by atoms with Crippen LogP contribution < -0.4 is 0 Å². The van der Waals surface area contributed by atoms with Crippen molar-refractivity contribution in [3.8, 4) is 0 Å². The molecule has 0 aliphatic rings. The number of hydrogen-bond donors (Lipinski definition) is 0. The normalized spacial score (nSPS) is 15.3. The van der Waals surface area contributed by atoms with E-state index in [4.69, 9.17) is 0 Å². The van der Waals surface area contributed by atoms with Gasteiger partial charge < -0.3 is 0 Å². The highest BCUT2D eigenvalue weighted by Gasteiger charge is 2.07. The van der Waals surface area contributed by atoms with E-state index in [2.05, 4.69) is 40.7 Å². The summed E-state index contributed by atoms with van der Waals surface area (Å²) in [4.78, 5) is 0. The van der Waals surface area contributed by atoms with Gasteiger partial charge in [-0.05, 0) is 38.0 Å². The molecule has 120 valence electrons. The molecule has 0 heterocycles. The fraction of sp³-hybridized carbons (Fsp3) is 0.900. The molecule has 0 rings (SSSR count). The van der Waals surface area contributed by atoms with Gasteiger partial charge in [0.15, 0.2) is 0 Å². The SMILES string of the molecule is CCCCC(C)CC=C(C)CCC(CCC)CCCC. The zero-order valence-corrected chi connectivity index (χ0v) is 15.0. The molecule has 0 aromatic carbocycles. The summed E-state index contributed by atoms with van der Waals surface area (Å²) in [7, 11) is 0. The Kier molecular flexibility index (Phi) is 13.5. The van der Waals surface area contributed by atoms with Crippen molar-refractivity contribution in [3.05, 3.63) is 11.6 Å². The molecular weight excluding hydrogens is 240 g/mol. The molecule has 0 saturated carbocycles. The van der Waals surface area contributed by atoms with Gasteiger partial charge in [-0.25, -0.2) is 0 Å². The van der Waals surface area contributed by atoms with Gasteiger partial charge in [-0.1, -0.05) is 90.7 Å². The van der Waals surface area contributed by atoms with Crippen LogP contribution in [-0.2, 0) is 0 Å². The minimum absolute atomic E-state index is 0.872. The summed E-state index contributed by atoms with van der Waals surface area (Å²) in [5.41, 5.74) is 1.63. The summed E-state index contributed by atoms with van der Waals surface area (Å²) in [6.45, 7) is 11.7. The summed E-state index contributed by atoms with van der Waals surface area (Å²) in [6.07, 6.45) is 17.7. The Morgan fingerprint density at radius 2 is 1.50 bits per heavy atom. The molecular formula is C20H40. The van der Waals surface area contributed by atoms with E-state index in [9.17, 15) is 0 Å². The molecule has 0 radical (unpaired) electrons. The first-order chi connectivity index (χ1) is 9.63. The lowest BCUT2D eigenvalue weighted by Crippen LogP contribution is -2.01. The average molecular weight is 281 g/mol. The smallest absolute Gasteiger partial charge is 0.0320 e. The van der Waals surface area contributed by atoms with Crippen molar-refractivity contribution in [1.82, 2.24) is 0 Å². The first-order valence-electron chi connectivity index (χ1n) is 9.29. The van der Waals surface area contributed by atoms with Crippen LogP contribution in [-0.4, -0.2) is 0 Å². The van der Waals surface area contributed by atoms with E-state index in [1.165, 1.54) is 70.6 Å². The molecule has 0 heteroatoms. The third-order valence-electron chi connectivity index (χ3n) is 4.53. The van der Waals surface area contributed by atoms with Crippen LogP contribution in [0.15, 0.2) is 11.6 Å². The molecule has 0 aliphatic carbocycles. The fourth-order valence-electron chi connectivity index (χ4n) is 2.94. The summed E-state index contributed by atoms with van der Waals surface area (Å²) >= 11 is 0. The minimum Gasteiger partial charge on any atom is -0.0853 e. The highest BCUT2D eigenvalue weighted by atomic mass is 14.1. The van der Waals surface area contributed by atoms with Crippen LogP contribution in [0.5, 0.6) is 0 Å². The highest BCUT2D eigenvalue weighted by Crippen LogP contribution is 2.23. The average Bonchev–Trinajstić information content (AvgIpc) is 2.45. The molecule has 20 heavy (non-hydrogen) atoms. The molecule has 0 N–H and O–H groups in total. The predicted octanol–water partition coefficient (Wildman–Crippen LogP) is 7.54. The van der Waals surface area contributed by atoms with Crippen LogP contribution in [0.2, 0.25) is 0 Å². The van der Waals surface area contributed by atoms with Gasteiger partial charge >= 0.3 is 0 Å². The molecule has 0 aromatic heterocycles. The third kappa shape index (κ3) is 11.6. The van der Waals surface area contributed by atoms with Crippen molar-refractivity contribution in [2.45, 2.75) is 105 Å². The third-order valence-corrected chi connectivity index (χ3v) is 4.53. The minimum atomic E-state index is 0.872. The van der Waals surface area contributed by atoms with Gasteiger partial charge in [-0.2, -0.15) is 0 Å². The number of rotatable bonds is 13. The molecule has 0 saturated heterocycles. The fourth-order valence-corrected chi connectivity index (χ4v) is 2.94. The van der Waals surface area contributed by atoms with E-state index in [1.54, 1.807) is 5.57 Å². The van der Waals surface area contributed by atoms with E-state index in [1.807, 2.05) is 0 Å². The van der Waals surface area contributed by atoms with Crippen molar-refractivity contribution < 1.29 is 0 Å². The first-order valence-corrected chi connectivity index (χ1v) is 9.29. The van der Waals surface area contributed by atoms with Gasteiger partial charge in [-0.15, -0.1) is 0 Å². The van der Waals surface area contributed by atoms with Crippen LogP contribution >= 0.6 is 0 Å². The second kappa shape index (κ2) is 13.7. The van der Waals surface area contributed by atoms with Crippen molar-refractivity contribution in [2.24, 2.45) is 11.8 Å². The molecule has 2 unspecified atom stereocenters. The Labute approximate surface area is 129 Å². The maximum atomic E-state index is 2.52. The lowest BCUT2D eigenvalue weighted by Gasteiger charge is -2.16. The Bertz CT molecular complexity index is 226. The van der Waals surface area contributed by atoms with Crippen LogP contribution in [0, 0.1) is 11.8 Å². The van der Waals surface area contributed by atoms with Crippen LogP contribution in [0.4, 0.5) is 0 Å². The molecule has 0 spiro atoms. The van der Waals surface area contributed by atoms with Crippen LogP contribution in [0.1, 0.15) is 105 Å². The van der Waals surface area contributed by atoms with Crippen molar-refractivity contribution in [3.63, 3.8) is 0 Å². The molecule has 0 amide bonds. The lowest BCUT2D eigenvalue weighted by molar-refractivity contribution is 0.401. The topological polar surface area (TPSA) is 0 Å². The second-order valence-electron chi connectivity index (χ2n) is 6.87. The largest absolute Gasteiger partial charge is 0.0853 e. The summed E-state index contributed by atoms with van der Waals surface area (Å²) in [5.74, 6) is 1.84. The van der Waals surface area contributed by atoms with Crippen molar-refractivity contribution in [1.29, 1.82) is 0 Å². The van der Waals surface area contributed by atoms with E-state index < -0.39 is 0 Å². The van der Waals surface area contributed by atoms with E-state index >= 15 is 0 Å². The van der Waals surface area contributed by atoms with E-state index in [0.29, 0.717) is 0 Å². The van der Waals surface area contributed by atoms with Crippen LogP contribution in [0.25, 0.3) is 0 Å². The summed E-state index contributed by atoms with van der Waals surface area (Å²) in [5, 5.41) is 0. The maximum absolute atomic E-state index is 2.52. The molecule has 0 nitrogen and oxygen atoms in total. The van der Waals surface area contributed by atoms with Crippen molar-refractivity contribution in [2.75, 3.05) is 0 Å². The quantitative estimate of drug-likeness (QED) is 0.306. The first kappa shape index (κ1) is 19.7. The second-order valence-corrected chi connectivity index (χ2v) is 6.87. The van der Waals surface area contributed by atoms with Gasteiger partial charge in [0, 0.05) is 0 Å². The van der Waals surface area contributed by atoms with Crippen molar-refractivity contribution >= 4 is 0 Å². The number of allylic oxidation sites excluding steroid dienone is 2. The zero-order valence-electron chi connectivity index (χ0n) is 15.0.